The van der Waals surface area contributed by atoms with Gasteiger partial charge in [0, 0.05) is 25.7 Å². The van der Waals surface area contributed by atoms with E-state index >= 15 is 0 Å². The number of hydrogen-bond acceptors (Lipinski definition) is 3. The van der Waals surface area contributed by atoms with E-state index in [0.717, 1.165) is 25.7 Å². The minimum absolute atomic E-state index is 0.0721. The molecule has 0 aliphatic heterocycles. The molecule has 1 heterocycles. The van der Waals surface area contributed by atoms with Crippen LogP contribution >= 0.6 is 0 Å². The van der Waals surface area contributed by atoms with Crippen LogP contribution in [0, 0.1) is 5.41 Å². The molecule has 0 spiro atoms. The van der Waals surface area contributed by atoms with Gasteiger partial charge in [-0.3, -0.25) is 14.3 Å². The van der Waals surface area contributed by atoms with Gasteiger partial charge in [-0.05, 0) is 18.3 Å². The van der Waals surface area contributed by atoms with E-state index < -0.39 is 5.97 Å². The Morgan fingerprint density at radius 3 is 2.63 bits per heavy atom. The first-order valence-electron chi connectivity index (χ1n) is 6.50. The van der Waals surface area contributed by atoms with Crippen molar-refractivity contribution in [1.82, 2.24) is 9.78 Å². The SMILES string of the molecule is Cn1ccc(NC(=O)CC2(CC(=O)O)CCCC2)n1. The Hall–Kier alpha value is -1.85. The Bertz CT molecular complexity index is 475. The van der Waals surface area contributed by atoms with Crippen LogP contribution in [0.5, 0.6) is 0 Å². The fourth-order valence-electron chi connectivity index (χ4n) is 2.87. The summed E-state index contributed by atoms with van der Waals surface area (Å²) in [5.41, 5.74) is -0.370. The van der Waals surface area contributed by atoms with Crippen LogP contribution in [0.25, 0.3) is 0 Å². The number of aliphatic carboxylic acids is 1. The molecule has 1 aromatic rings. The molecule has 1 aliphatic carbocycles. The number of hydrogen-bond donors (Lipinski definition) is 2. The largest absolute Gasteiger partial charge is 0.481 e. The van der Waals surface area contributed by atoms with Gasteiger partial charge >= 0.3 is 5.97 Å². The number of anilines is 1. The molecule has 1 amide bonds. The van der Waals surface area contributed by atoms with Crippen LogP contribution < -0.4 is 5.32 Å². The van der Waals surface area contributed by atoms with Gasteiger partial charge in [-0.1, -0.05) is 12.8 Å². The predicted molar refractivity (Wildman–Crippen MR) is 69.6 cm³/mol. The van der Waals surface area contributed by atoms with E-state index in [1.165, 1.54) is 0 Å². The number of aromatic nitrogens is 2. The number of nitrogens with one attached hydrogen (secondary N) is 1. The zero-order valence-corrected chi connectivity index (χ0v) is 11.1. The molecule has 1 aromatic heterocycles. The summed E-state index contributed by atoms with van der Waals surface area (Å²) in [5, 5.41) is 15.8. The quantitative estimate of drug-likeness (QED) is 0.850. The van der Waals surface area contributed by atoms with Crippen molar-refractivity contribution in [2.45, 2.75) is 38.5 Å². The van der Waals surface area contributed by atoms with Gasteiger partial charge in [0.1, 0.15) is 0 Å². The van der Waals surface area contributed by atoms with Gasteiger partial charge in [0.15, 0.2) is 5.82 Å². The highest BCUT2D eigenvalue weighted by molar-refractivity contribution is 5.90. The summed E-state index contributed by atoms with van der Waals surface area (Å²) in [6.45, 7) is 0. The lowest BCUT2D eigenvalue weighted by Crippen LogP contribution is -2.27. The topological polar surface area (TPSA) is 84.2 Å². The van der Waals surface area contributed by atoms with Crippen LogP contribution in [0.2, 0.25) is 0 Å². The Kier molecular flexibility index (Phi) is 3.87. The number of rotatable bonds is 5. The zero-order chi connectivity index (χ0) is 13.9. The smallest absolute Gasteiger partial charge is 0.303 e. The number of carboxylic acids is 1. The molecule has 0 saturated heterocycles. The third kappa shape index (κ3) is 3.56. The molecule has 1 aliphatic rings. The molecule has 0 aromatic carbocycles. The summed E-state index contributed by atoms with van der Waals surface area (Å²) in [6.07, 6.45) is 5.72. The van der Waals surface area contributed by atoms with Crippen molar-refractivity contribution in [3.63, 3.8) is 0 Å². The highest BCUT2D eigenvalue weighted by Gasteiger charge is 2.38. The molecule has 1 saturated carbocycles. The van der Waals surface area contributed by atoms with Crippen molar-refractivity contribution >= 4 is 17.7 Å². The van der Waals surface area contributed by atoms with E-state index in [-0.39, 0.29) is 24.2 Å². The van der Waals surface area contributed by atoms with Gasteiger partial charge in [0.2, 0.25) is 5.91 Å². The summed E-state index contributed by atoms with van der Waals surface area (Å²) >= 11 is 0. The van der Waals surface area contributed by atoms with Crippen molar-refractivity contribution in [3.8, 4) is 0 Å². The van der Waals surface area contributed by atoms with E-state index in [2.05, 4.69) is 10.4 Å². The summed E-state index contributed by atoms with van der Waals surface area (Å²) < 4.78 is 1.61. The van der Waals surface area contributed by atoms with Gasteiger partial charge in [-0.25, -0.2) is 0 Å². The Morgan fingerprint density at radius 1 is 1.42 bits per heavy atom. The third-order valence-corrected chi connectivity index (χ3v) is 3.71. The monoisotopic (exact) mass is 265 g/mol. The average Bonchev–Trinajstić information content (AvgIpc) is 2.87. The number of amides is 1. The summed E-state index contributed by atoms with van der Waals surface area (Å²) in [4.78, 5) is 23.0. The molecule has 2 N–H and O–H groups in total. The van der Waals surface area contributed by atoms with Gasteiger partial charge in [0.05, 0.1) is 6.42 Å². The lowest BCUT2D eigenvalue weighted by molar-refractivity contribution is -0.140. The number of carbonyl (C=O) groups excluding carboxylic acids is 1. The molecule has 19 heavy (non-hydrogen) atoms. The van der Waals surface area contributed by atoms with E-state index in [0.29, 0.717) is 5.82 Å². The molecular weight excluding hydrogens is 246 g/mol. The molecule has 0 atom stereocenters. The first-order chi connectivity index (χ1) is 8.99. The van der Waals surface area contributed by atoms with Crippen LogP contribution in [-0.4, -0.2) is 26.8 Å². The predicted octanol–water partition coefficient (Wildman–Crippen LogP) is 1.78. The fourth-order valence-corrected chi connectivity index (χ4v) is 2.87. The molecule has 1 fully saturated rings. The molecular formula is C13H19N3O3. The van der Waals surface area contributed by atoms with E-state index in [1.807, 2.05) is 0 Å². The maximum absolute atomic E-state index is 12.0. The Balaban J connectivity index is 1.97. The number of carboxylic acid groups (broad SMARTS) is 1. The number of carbonyl (C=O) groups is 2. The molecule has 104 valence electrons. The average molecular weight is 265 g/mol. The van der Waals surface area contributed by atoms with Gasteiger partial charge in [-0.15, -0.1) is 0 Å². The minimum Gasteiger partial charge on any atom is -0.481 e. The minimum atomic E-state index is -0.826. The van der Waals surface area contributed by atoms with Gasteiger partial charge in [0.25, 0.3) is 0 Å². The second-order valence-electron chi connectivity index (χ2n) is 5.38. The van der Waals surface area contributed by atoms with E-state index in [4.69, 9.17) is 5.11 Å². The van der Waals surface area contributed by atoms with Crippen molar-refractivity contribution in [1.29, 1.82) is 0 Å². The first kappa shape index (κ1) is 13.6. The summed E-state index contributed by atoms with van der Waals surface area (Å²) in [5.74, 6) is -0.467. The normalized spacial score (nSPS) is 17.3. The maximum atomic E-state index is 12.0. The van der Waals surface area contributed by atoms with Crippen LogP contribution in [0.4, 0.5) is 5.82 Å². The van der Waals surface area contributed by atoms with Gasteiger partial charge in [-0.2, -0.15) is 5.10 Å². The Labute approximate surface area is 111 Å². The Morgan fingerprint density at radius 2 is 2.11 bits per heavy atom. The zero-order valence-electron chi connectivity index (χ0n) is 11.1. The maximum Gasteiger partial charge on any atom is 0.303 e. The van der Waals surface area contributed by atoms with E-state index in [9.17, 15) is 9.59 Å². The second-order valence-corrected chi connectivity index (χ2v) is 5.38. The standard InChI is InChI=1S/C13H19N3O3/c1-16-7-4-10(15-16)14-11(17)8-13(9-12(18)19)5-2-3-6-13/h4,7H,2-3,5-6,8-9H2,1H3,(H,18,19)(H,14,15,17). The van der Waals surface area contributed by atoms with Crippen LogP contribution in [-0.2, 0) is 16.6 Å². The lowest BCUT2D eigenvalue weighted by Gasteiger charge is -2.26. The van der Waals surface area contributed by atoms with Crippen LogP contribution in [0.15, 0.2) is 12.3 Å². The van der Waals surface area contributed by atoms with Gasteiger partial charge < -0.3 is 10.4 Å². The third-order valence-electron chi connectivity index (χ3n) is 3.71. The molecule has 6 nitrogen and oxygen atoms in total. The molecule has 0 bridgehead atoms. The van der Waals surface area contributed by atoms with E-state index in [1.54, 1.807) is 24.0 Å². The number of nitrogens with zero attached hydrogens (tertiary/aromatic N) is 2. The molecule has 0 unspecified atom stereocenters. The summed E-state index contributed by atoms with van der Waals surface area (Å²) in [6, 6.07) is 1.72. The van der Waals surface area contributed by atoms with Crippen LogP contribution in [0.1, 0.15) is 38.5 Å². The molecule has 6 heteroatoms. The van der Waals surface area contributed by atoms with Crippen LogP contribution in [0.3, 0.4) is 0 Å². The first-order valence-corrected chi connectivity index (χ1v) is 6.50. The summed E-state index contributed by atoms with van der Waals surface area (Å²) in [7, 11) is 1.78. The number of aryl methyl sites for hydroxylation is 1. The highest BCUT2D eigenvalue weighted by atomic mass is 16.4. The molecule has 0 radical (unpaired) electrons. The molecule has 2 rings (SSSR count). The van der Waals surface area contributed by atoms with Crippen molar-refractivity contribution < 1.29 is 14.7 Å². The second kappa shape index (κ2) is 5.42. The van der Waals surface area contributed by atoms with Crippen molar-refractivity contribution in [2.24, 2.45) is 12.5 Å². The highest BCUT2D eigenvalue weighted by Crippen LogP contribution is 2.44. The van der Waals surface area contributed by atoms with Crippen molar-refractivity contribution in [3.05, 3.63) is 12.3 Å². The lowest BCUT2D eigenvalue weighted by atomic mass is 9.79. The fraction of sp³-hybridized carbons (Fsp3) is 0.615. The van der Waals surface area contributed by atoms with Crippen molar-refractivity contribution in [2.75, 3.05) is 5.32 Å².